The maximum Gasteiger partial charge on any atom is 0.242 e. The lowest BCUT2D eigenvalue weighted by Crippen LogP contribution is -2.20. The first kappa shape index (κ1) is 5.29. The highest BCUT2D eigenvalue weighted by Gasteiger charge is 2.09. The first-order valence-corrected chi connectivity index (χ1v) is 3.00. The van der Waals surface area contributed by atoms with Gasteiger partial charge in [-0.3, -0.25) is 0 Å². The van der Waals surface area contributed by atoms with Gasteiger partial charge in [0.1, 0.15) is 5.70 Å². The lowest BCUT2D eigenvalue weighted by atomic mass is 10.3. The van der Waals surface area contributed by atoms with Crippen LogP contribution in [-0.4, -0.2) is 5.90 Å². The van der Waals surface area contributed by atoms with E-state index in [1.54, 1.807) is 18.7 Å². The number of ether oxygens (including phenoxy) is 1. The van der Waals surface area contributed by atoms with E-state index in [0.717, 1.165) is 5.70 Å². The Morgan fingerprint density at radius 3 is 3.40 bits per heavy atom. The van der Waals surface area contributed by atoms with E-state index < -0.39 is 0 Å². The fourth-order valence-corrected chi connectivity index (χ4v) is 0.816. The molecule has 0 atom stereocenters. The average Bonchev–Trinajstić information content (AvgIpc) is 2.05. The van der Waals surface area contributed by atoms with Crippen molar-refractivity contribution in [3.63, 3.8) is 0 Å². The summed E-state index contributed by atoms with van der Waals surface area (Å²) in [5.74, 6) is 0.630. The molecule has 0 aromatic carbocycles. The van der Waals surface area contributed by atoms with Crippen LogP contribution in [0.3, 0.4) is 0 Å². The van der Waals surface area contributed by atoms with Crippen LogP contribution in [0, 0.1) is 0 Å². The second kappa shape index (κ2) is 2.02. The van der Waals surface area contributed by atoms with Gasteiger partial charge in [-0.15, -0.1) is 0 Å². The number of nitrogens with zero attached hydrogens (tertiary/aromatic N) is 1. The molecule has 3 nitrogen and oxygen atoms in total. The molecular formula is C7H6N2O. The summed E-state index contributed by atoms with van der Waals surface area (Å²) in [6, 6.07) is 0. The number of hydrogen-bond acceptors (Lipinski definition) is 3. The minimum Gasteiger partial charge on any atom is -0.445 e. The molecule has 2 rings (SSSR count). The average molecular weight is 134 g/mol. The molecule has 0 aliphatic carbocycles. The monoisotopic (exact) mass is 134 g/mol. The van der Waals surface area contributed by atoms with Crippen molar-refractivity contribution in [3.05, 3.63) is 36.5 Å². The second-order valence-electron chi connectivity index (χ2n) is 1.92. The maximum absolute atomic E-state index is 5.07. The molecule has 0 saturated carbocycles. The van der Waals surface area contributed by atoms with Crippen LogP contribution in [0.4, 0.5) is 0 Å². The van der Waals surface area contributed by atoms with Gasteiger partial charge < -0.3 is 10.1 Å². The van der Waals surface area contributed by atoms with Crippen molar-refractivity contribution in [1.82, 2.24) is 5.32 Å². The Hall–Kier alpha value is -1.51. The van der Waals surface area contributed by atoms with Gasteiger partial charge in [-0.2, -0.15) is 0 Å². The van der Waals surface area contributed by atoms with Crippen molar-refractivity contribution in [2.45, 2.75) is 0 Å². The van der Waals surface area contributed by atoms with Gasteiger partial charge in [-0.1, -0.05) is 0 Å². The van der Waals surface area contributed by atoms with Crippen molar-refractivity contribution >= 4 is 5.90 Å². The van der Waals surface area contributed by atoms with E-state index in [1.807, 2.05) is 12.2 Å². The molecule has 1 N–H and O–H groups in total. The zero-order valence-corrected chi connectivity index (χ0v) is 5.24. The molecule has 0 bridgehead atoms. The number of hydrogen-bond donors (Lipinski definition) is 1. The van der Waals surface area contributed by atoms with E-state index in [4.69, 9.17) is 4.74 Å². The van der Waals surface area contributed by atoms with Gasteiger partial charge in [-0.05, 0) is 12.2 Å². The molecule has 0 amide bonds. The van der Waals surface area contributed by atoms with Crippen LogP contribution in [-0.2, 0) is 4.74 Å². The lowest BCUT2D eigenvalue weighted by molar-refractivity contribution is 0.464. The van der Waals surface area contributed by atoms with Crippen molar-refractivity contribution < 1.29 is 4.74 Å². The Labute approximate surface area is 58.4 Å². The smallest absolute Gasteiger partial charge is 0.242 e. The zero-order chi connectivity index (χ0) is 6.81. The molecule has 3 heteroatoms. The van der Waals surface area contributed by atoms with Crippen LogP contribution in [0.5, 0.6) is 0 Å². The van der Waals surface area contributed by atoms with Crippen molar-refractivity contribution in [3.8, 4) is 0 Å². The molecule has 50 valence electrons. The Morgan fingerprint density at radius 1 is 1.50 bits per heavy atom. The second-order valence-corrected chi connectivity index (χ2v) is 1.92. The molecular weight excluding hydrogens is 128 g/mol. The van der Waals surface area contributed by atoms with Crippen LogP contribution in [0.25, 0.3) is 0 Å². The fraction of sp³-hybridized carbons (Fsp3) is 0. The highest BCUT2D eigenvalue weighted by Crippen LogP contribution is 2.07. The maximum atomic E-state index is 5.07. The number of aliphatic imine (C=N–C) groups is 1. The minimum absolute atomic E-state index is 0.630. The molecule has 2 aliphatic rings. The summed E-state index contributed by atoms with van der Waals surface area (Å²) in [6.07, 6.45) is 8.75. The molecule has 0 radical (unpaired) electrons. The summed E-state index contributed by atoms with van der Waals surface area (Å²) in [5.41, 5.74) is 0.907. The van der Waals surface area contributed by atoms with Gasteiger partial charge in [0.15, 0.2) is 0 Å². The third-order valence-corrected chi connectivity index (χ3v) is 1.26. The van der Waals surface area contributed by atoms with E-state index in [-0.39, 0.29) is 0 Å². The Bertz CT molecular complexity index is 233. The van der Waals surface area contributed by atoms with Gasteiger partial charge >= 0.3 is 0 Å². The van der Waals surface area contributed by atoms with Gasteiger partial charge in [0.2, 0.25) is 5.90 Å². The summed E-state index contributed by atoms with van der Waals surface area (Å²) in [7, 11) is 0. The summed E-state index contributed by atoms with van der Waals surface area (Å²) in [5, 5.41) is 2.99. The van der Waals surface area contributed by atoms with Crippen LogP contribution < -0.4 is 5.32 Å². The van der Waals surface area contributed by atoms with Crippen LogP contribution in [0.2, 0.25) is 0 Å². The lowest BCUT2D eigenvalue weighted by Gasteiger charge is -2.13. The molecule has 10 heavy (non-hydrogen) atoms. The Balaban J connectivity index is 2.38. The highest BCUT2D eigenvalue weighted by atomic mass is 16.5. The van der Waals surface area contributed by atoms with Crippen molar-refractivity contribution in [2.24, 2.45) is 4.99 Å². The molecule has 2 heterocycles. The number of rotatable bonds is 0. The molecule has 0 saturated heterocycles. The molecule has 0 unspecified atom stereocenters. The summed E-state index contributed by atoms with van der Waals surface area (Å²) in [6.45, 7) is 0. The van der Waals surface area contributed by atoms with Gasteiger partial charge in [0.25, 0.3) is 0 Å². The van der Waals surface area contributed by atoms with Gasteiger partial charge in [0.05, 0.1) is 6.26 Å². The van der Waals surface area contributed by atoms with Crippen LogP contribution in [0.15, 0.2) is 41.5 Å². The standard InChI is InChI=1S/C7H6N2O/c1-2-6-7(10-5-1)9-4-3-8-6/h1-5,8H. The number of fused-ring (bicyclic) bond motifs is 1. The van der Waals surface area contributed by atoms with Crippen LogP contribution in [0.1, 0.15) is 0 Å². The fourth-order valence-electron chi connectivity index (χ4n) is 0.816. The summed E-state index contributed by atoms with van der Waals surface area (Å²) in [4.78, 5) is 3.98. The van der Waals surface area contributed by atoms with E-state index in [0.29, 0.717) is 5.90 Å². The largest absolute Gasteiger partial charge is 0.445 e. The minimum atomic E-state index is 0.630. The van der Waals surface area contributed by atoms with E-state index in [1.165, 1.54) is 0 Å². The molecule has 0 aromatic heterocycles. The van der Waals surface area contributed by atoms with Crippen molar-refractivity contribution in [2.75, 3.05) is 0 Å². The van der Waals surface area contributed by atoms with Crippen molar-refractivity contribution in [1.29, 1.82) is 0 Å². The van der Waals surface area contributed by atoms with E-state index >= 15 is 0 Å². The molecule has 0 aromatic rings. The predicted octanol–water partition coefficient (Wildman–Crippen LogP) is 0.887. The SMILES string of the molecule is C1=COC2=NC=CNC2=C1. The number of allylic oxidation sites excluding steroid dienone is 2. The number of nitrogens with one attached hydrogen (secondary N) is 1. The summed E-state index contributed by atoms with van der Waals surface area (Å²) >= 11 is 0. The topological polar surface area (TPSA) is 33.6 Å². The Kier molecular flexibility index (Phi) is 1.07. The highest BCUT2D eigenvalue weighted by molar-refractivity contribution is 5.95. The predicted molar refractivity (Wildman–Crippen MR) is 38.0 cm³/mol. The first-order chi connectivity index (χ1) is 4.97. The van der Waals surface area contributed by atoms with Crippen LogP contribution >= 0.6 is 0 Å². The van der Waals surface area contributed by atoms with Gasteiger partial charge in [0, 0.05) is 12.4 Å². The quantitative estimate of drug-likeness (QED) is 0.533. The normalized spacial score (nSPS) is 20.0. The van der Waals surface area contributed by atoms with E-state index in [9.17, 15) is 0 Å². The third-order valence-electron chi connectivity index (χ3n) is 1.26. The third kappa shape index (κ3) is 0.719. The zero-order valence-electron chi connectivity index (χ0n) is 5.24. The molecule has 0 spiro atoms. The van der Waals surface area contributed by atoms with E-state index in [2.05, 4.69) is 10.3 Å². The summed E-state index contributed by atoms with van der Waals surface area (Å²) < 4.78 is 5.07. The molecule has 2 aliphatic heterocycles. The molecule has 0 fully saturated rings. The Morgan fingerprint density at radius 2 is 2.50 bits per heavy atom. The first-order valence-electron chi connectivity index (χ1n) is 3.00. The van der Waals surface area contributed by atoms with Gasteiger partial charge in [-0.25, -0.2) is 4.99 Å².